The highest BCUT2D eigenvalue weighted by atomic mass is 32.1. The second kappa shape index (κ2) is 5.34. The molecule has 6 heteroatoms. The van der Waals surface area contributed by atoms with Crippen molar-refractivity contribution in [1.82, 2.24) is 9.38 Å². The third-order valence-electron chi connectivity index (χ3n) is 2.84. The smallest absolute Gasteiger partial charge is 0.347 e. The van der Waals surface area contributed by atoms with E-state index in [1.165, 1.54) is 16.7 Å². The van der Waals surface area contributed by atoms with Crippen LogP contribution in [0.5, 0.6) is 0 Å². The second-order valence-corrected chi connectivity index (χ2v) is 5.33. The van der Waals surface area contributed by atoms with Crippen LogP contribution in [0.3, 0.4) is 0 Å². The molecule has 3 rings (SSSR count). The molecular formula is C15H10N2O3S. The van der Waals surface area contributed by atoms with E-state index in [0.717, 1.165) is 16.9 Å². The SMILES string of the molecule is O=C(O)c1cn2c(=O)cc(/C=C/c3ccccc3)nc2s1. The van der Waals surface area contributed by atoms with Crippen LogP contribution in [-0.2, 0) is 0 Å². The Morgan fingerprint density at radius 1 is 1.24 bits per heavy atom. The summed E-state index contributed by atoms with van der Waals surface area (Å²) < 4.78 is 1.24. The number of carbonyl (C=O) groups is 1. The molecule has 0 aliphatic rings. The predicted octanol–water partition coefficient (Wildman–Crippen LogP) is 2.62. The lowest BCUT2D eigenvalue weighted by atomic mass is 10.2. The molecule has 2 heterocycles. The fourth-order valence-corrected chi connectivity index (χ4v) is 2.68. The summed E-state index contributed by atoms with van der Waals surface area (Å²) in [5.41, 5.74) is 1.20. The van der Waals surface area contributed by atoms with Gasteiger partial charge < -0.3 is 5.11 Å². The minimum Gasteiger partial charge on any atom is -0.477 e. The molecule has 104 valence electrons. The van der Waals surface area contributed by atoms with Crippen LogP contribution in [0.1, 0.15) is 20.9 Å². The normalized spacial score (nSPS) is 11.2. The molecule has 0 fully saturated rings. The summed E-state index contributed by atoms with van der Waals surface area (Å²) in [7, 11) is 0. The number of hydrogen-bond acceptors (Lipinski definition) is 4. The molecule has 5 nitrogen and oxygen atoms in total. The average Bonchev–Trinajstić information content (AvgIpc) is 2.91. The van der Waals surface area contributed by atoms with Gasteiger partial charge in [0.15, 0.2) is 4.96 Å². The first-order chi connectivity index (χ1) is 10.1. The number of aromatic nitrogens is 2. The highest BCUT2D eigenvalue weighted by molar-refractivity contribution is 7.18. The monoisotopic (exact) mass is 298 g/mol. The van der Waals surface area contributed by atoms with Crippen LogP contribution in [0.4, 0.5) is 0 Å². The Bertz CT molecular complexity index is 894. The van der Waals surface area contributed by atoms with E-state index < -0.39 is 5.97 Å². The van der Waals surface area contributed by atoms with Crippen molar-refractivity contribution in [3.8, 4) is 0 Å². The van der Waals surface area contributed by atoms with Crippen LogP contribution >= 0.6 is 11.3 Å². The molecule has 21 heavy (non-hydrogen) atoms. The predicted molar refractivity (Wildman–Crippen MR) is 81.7 cm³/mol. The van der Waals surface area contributed by atoms with E-state index >= 15 is 0 Å². The van der Waals surface area contributed by atoms with Gasteiger partial charge in [-0.25, -0.2) is 9.78 Å². The molecule has 0 amide bonds. The van der Waals surface area contributed by atoms with E-state index in [9.17, 15) is 9.59 Å². The van der Waals surface area contributed by atoms with Crippen molar-refractivity contribution >= 4 is 34.4 Å². The van der Waals surface area contributed by atoms with E-state index in [4.69, 9.17) is 5.11 Å². The lowest BCUT2D eigenvalue weighted by Crippen LogP contribution is -2.11. The first-order valence-corrected chi connectivity index (χ1v) is 6.95. The van der Waals surface area contributed by atoms with Gasteiger partial charge in [0.2, 0.25) is 0 Å². The molecule has 1 N–H and O–H groups in total. The van der Waals surface area contributed by atoms with E-state index in [0.29, 0.717) is 10.7 Å². The third kappa shape index (κ3) is 2.75. The molecule has 2 aromatic heterocycles. The maximum atomic E-state index is 11.9. The minimum absolute atomic E-state index is 0.0868. The molecular weight excluding hydrogens is 288 g/mol. The average molecular weight is 298 g/mol. The molecule has 0 atom stereocenters. The summed E-state index contributed by atoms with van der Waals surface area (Å²) in [5.74, 6) is -1.06. The number of aromatic carboxylic acids is 1. The second-order valence-electron chi connectivity index (χ2n) is 4.32. The van der Waals surface area contributed by atoms with Gasteiger partial charge in [-0.05, 0) is 11.6 Å². The zero-order chi connectivity index (χ0) is 14.8. The van der Waals surface area contributed by atoms with Crippen molar-refractivity contribution < 1.29 is 9.90 Å². The van der Waals surface area contributed by atoms with Crippen molar-refractivity contribution in [3.63, 3.8) is 0 Å². The van der Waals surface area contributed by atoms with Crippen LogP contribution in [0.25, 0.3) is 17.1 Å². The highest BCUT2D eigenvalue weighted by Gasteiger charge is 2.10. The molecule has 0 aliphatic carbocycles. The maximum Gasteiger partial charge on any atom is 0.347 e. The molecule has 3 aromatic rings. The fourth-order valence-electron chi connectivity index (χ4n) is 1.85. The number of fused-ring (bicyclic) bond motifs is 1. The van der Waals surface area contributed by atoms with Gasteiger partial charge in [-0.2, -0.15) is 0 Å². The summed E-state index contributed by atoms with van der Waals surface area (Å²) in [6, 6.07) is 11.0. The maximum absolute atomic E-state index is 11.9. The van der Waals surface area contributed by atoms with Crippen molar-refractivity contribution in [2.75, 3.05) is 0 Å². The molecule has 0 unspecified atom stereocenters. The minimum atomic E-state index is -1.06. The molecule has 0 bridgehead atoms. The van der Waals surface area contributed by atoms with Crippen LogP contribution in [-0.4, -0.2) is 20.5 Å². The summed E-state index contributed by atoms with van der Waals surface area (Å²) in [6.45, 7) is 0. The van der Waals surface area contributed by atoms with Gasteiger partial charge in [-0.3, -0.25) is 9.20 Å². The van der Waals surface area contributed by atoms with Crippen LogP contribution in [0, 0.1) is 0 Å². The number of hydrogen-bond donors (Lipinski definition) is 1. The van der Waals surface area contributed by atoms with Crippen molar-refractivity contribution in [1.29, 1.82) is 0 Å². The summed E-state index contributed by atoms with van der Waals surface area (Å²) in [6.07, 6.45) is 4.88. The van der Waals surface area contributed by atoms with Gasteiger partial charge >= 0.3 is 5.97 Å². The number of thiazole rings is 1. The quantitative estimate of drug-likeness (QED) is 0.807. The Labute approximate surface area is 123 Å². The van der Waals surface area contributed by atoms with Gasteiger partial charge in [-0.15, -0.1) is 0 Å². The summed E-state index contributed by atoms with van der Waals surface area (Å²) in [4.78, 5) is 27.6. The zero-order valence-corrected chi connectivity index (χ0v) is 11.6. The van der Waals surface area contributed by atoms with E-state index in [-0.39, 0.29) is 10.4 Å². The first-order valence-electron chi connectivity index (χ1n) is 6.13. The molecule has 0 radical (unpaired) electrons. The Morgan fingerprint density at radius 3 is 2.71 bits per heavy atom. The molecule has 0 saturated carbocycles. The number of carboxylic acid groups (broad SMARTS) is 1. The number of carboxylic acids is 1. The summed E-state index contributed by atoms with van der Waals surface area (Å²) >= 11 is 0.974. The summed E-state index contributed by atoms with van der Waals surface area (Å²) in [5, 5.41) is 8.95. The molecule has 0 saturated heterocycles. The van der Waals surface area contributed by atoms with Gasteiger partial charge in [-0.1, -0.05) is 47.7 Å². The van der Waals surface area contributed by atoms with E-state index in [1.54, 1.807) is 6.08 Å². The molecule has 0 aliphatic heterocycles. The van der Waals surface area contributed by atoms with Crippen molar-refractivity contribution in [2.24, 2.45) is 0 Å². The Balaban J connectivity index is 2.02. The van der Waals surface area contributed by atoms with Gasteiger partial charge in [0.25, 0.3) is 5.56 Å². The van der Waals surface area contributed by atoms with Gasteiger partial charge in [0, 0.05) is 12.3 Å². The lowest BCUT2D eigenvalue weighted by molar-refractivity contribution is 0.0702. The van der Waals surface area contributed by atoms with Gasteiger partial charge in [0.1, 0.15) is 4.88 Å². The first kappa shape index (κ1) is 13.3. The van der Waals surface area contributed by atoms with Crippen molar-refractivity contribution in [3.05, 3.63) is 69.1 Å². The van der Waals surface area contributed by atoms with Crippen LogP contribution in [0.15, 0.2) is 47.4 Å². The fraction of sp³-hybridized carbons (Fsp3) is 0. The standard InChI is InChI=1S/C15H10N2O3S/c18-13-8-11(7-6-10-4-2-1-3-5-10)16-15-17(13)9-12(21-15)14(19)20/h1-9H,(H,19,20)/b7-6+. The zero-order valence-electron chi connectivity index (χ0n) is 10.8. The number of benzene rings is 1. The Hall–Kier alpha value is -2.73. The number of rotatable bonds is 3. The van der Waals surface area contributed by atoms with E-state index in [1.807, 2.05) is 36.4 Å². The topological polar surface area (TPSA) is 71.7 Å². The van der Waals surface area contributed by atoms with Crippen LogP contribution in [0.2, 0.25) is 0 Å². The lowest BCUT2D eigenvalue weighted by Gasteiger charge is -1.95. The van der Waals surface area contributed by atoms with Gasteiger partial charge in [0.05, 0.1) is 5.69 Å². The van der Waals surface area contributed by atoms with E-state index in [2.05, 4.69) is 4.98 Å². The van der Waals surface area contributed by atoms with Crippen LogP contribution < -0.4 is 5.56 Å². The largest absolute Gasteiger partial charge is 0.477 e. The Kier molecular flexibility index (Phi) is 3.37. The third-order valence-corrected chi connectivity index (χ3v) is 3.81. The molecule has 0 spiro atoms. The number of nitrogens with zero attached hydrogens (tertiary/aromatic N) is 2. The Morgan fingerprint density at radius 2 is 2.00 bits per heavy atom. The van der Waals surface area contributed by atoms with Crippen molar-refractivity contribution in [2.45, 2.75) is 0 Å². The molecule has 1 aromatic carbocycles. The highest BCUT2D eigenvalue weighted by Crippen LogP contribution is 2.15.